The van der Waals surface area contributed by atoms with Crippen molar-refractivity contribution in [3.63, 3.8) is 0 Å². The molecule has 0 aliphatic carbocycles. The Morgan fingerprint density at radius 1 is 1.56 bits per heavy atom. The molecule has 2 N–H and O–H groups in total. The number of hydrogen-bond donors (Lipinski definition) is 1. The summed E-state index contributed by atoms with van der Waals surface area (Å²) in [6.45, 7) is 4.83. The van der Waals surface area contributed by atoms with Gasteiger partial charge in [-0.25, -0.2) is 0 Å². The van der Waals surface area contributed by atoms with Crippen molar-refractivity contribution < 1.29 is 4.79 Å². The number of anilines is 1. The normalized spacial score (nSPS) is 17.4. The lowest BCUT2D eigenvalue weighted by molar-refractivity contribution is -0.120. The molecule has 0 fully saturated rings. The first-order chi connectivity index (χ1) is 8.54. The first-order valence-corrected chi connectivity index (χ1v) is 7.19. The van der Waals surface area contributed by atoms with Crippen LogP contribution < -0.4 is 10.6 Å². The Labute approximate surface area is 116 Å². The van der Waals surface area contributed by atoms with Gasteiger partial charge in [-0.3, -0.25) is 4.79 Å². The maximum Gasteiger partial charge on any atom is 0.244 e. The van der Waals surface area contributed by atoms with Crippen LogP contribution in [0.5, 0.6) is 0 Å². The molecule has 0 spiro atoms. The maximum atomic E-state index is 12.4. The second-order valence-corrected chi connectivity index (χ2v) is 5.84. The zero-order valence-electron chi connectivity index (χ0n) is 10.8. The van der Waals surface area contributed by atoms with Crippen LogP contribution in [-0.4, -0.2) is 18.5 Å². The molecule has 0 saturated carbocycles. The van der Waals surface area contributed by atoms with Crippen LogP contribution in [0.2, 0.25) is 0 Å². The molecule has 0 aromatic heterocycles. The number of nitrogens with two attached hydrogens (primary N) is 1. The smallest absolute Gasteiger partial charge is 0.244 e. The molecule has 1 aromatic carbocycles. The predicted octanol–water partition coefficient (Wildman–Crippen LogP) is 2.71. The second-order valence-electron chi connectivity index (χ2n) is 4.92. The molecular formula is C14H19BrN2O. The molecule has 3 nitrogen and oxygen atoms in total. The van der Waals surface area contributed by atoms with Crippen molar-refractivity contribution in [2.24, 2.45) is 11.7 Å². The van der Waals surface area contributed by atoms with E-state index in [1.165, 1.54) is 5.56 Å². The molecule has 0 radical (unpaired) electrons. The summed E-state index contributed by atoms with van der Waals surface area (Å²) in [5.41, 5.74) is 8.28. The number of carbonyl (C=O) groups is 1. The van der Waals surface area contributed by atoms with Crippen LogP contribution in [-0.2, 0) is 11.2 Å². The van der Waals surface area contributed by atoms with E-state index in [2.05, 4.69) is 28.9 Å². The topological polar surface area (TPSA) is 46.3 Å². The van der Waals surface area contributed by atoms with Crippen LogP contribution in [0, 0.1) is 5.92 Å². The minimum atomic E-state index is -0.403. The molecule has 2 unspecified atom stereocenters. The minimum absolute atomic E-state index is 0.0428. The number of rotatable bonds is 3. The number of amides is 1. The molecule has 0 saturated heterocycles. The molecule has 2 atom stereocenters. The standard InChI is InChI=1S/C14H19BrN2O/c1-3-9(2)13(16)14(18)17-7-6-10-4-5-11(15)8-12(10)17/h4-5,8-9,13H,3,6-7,16H2,1-2H3. The van der Waals surface area contributed by atoms with Crippen LogP contribution in [0.3, 0.4) is 0 Å². The van der Waals surface area contributed by atoms with Gasteiger partial charge in [0.15, 0.2) is 0 Å². The maximum absolute atomic E-state index is 12.4. The van der Waals surface area contributed by atoms with Crippen LogP contribution in [0.4, 0.5) is 5.69 Å². The van der Waals surface area contributed by atoms with Gasteiger partial charge in [0.1, 0.15) is 0 Å². The van der Waals surface area contributed by atoms with Crippen molar-refractivity contribution in [1.29, 1.82) is 0 Å². The van der Waals surface area contributed by atoms with E-state index in [0.717, 1.165) is 29.5 Å². The predicted molar refractivity (Wildman–Crippen MR) is 77.6 cm³/mol. The fourth-order valence-electron chi connectivity index (χ4n) is 2.26. The van der Waals surface area contributed by atoms with E-state index >= 15 is 0 Å². The molecule has 1 aromatic rings. The van der Waals surface area contributed by atoms with Gasteiger partial charge < -0.3 is 10.6 Å². The number of nitrogens with zero attached hydrogens (tertiary/aromatic N) is 1. The quantitative estimate of drug-likeness (QED) is 0.933. The van der Waals surface area contributed by atoms with Crippen molar-refractivity contribution in [2.75, 3.05) is 11.4 Å². The van der Waals surface area contributed by atoms with E-state index in [1.54, 1.807) is 0 Å². The highest BCUT2D eigenvalue weighted by Gasteiger charge is 2.30. The molecule has 1 aliphatic rings. The molecule has 98 valence electrons. The van der Waals surface area contributed by atoms with E-state index in [-0.39, 0.29) is 11.8 Å². The average molecular weight is 311 g/mol. The third-order valence-electron chi connectivity index (χ3n) is 3.75. The molecule has 1 aliphatic heterocycles. The fraction of sp³-hybridized carbons (Fsp3) is 0.500. The van der Waals surface area contributed by atoms with Crippen molar-refractivity contribution in [2.45, 2.75) is 32.7 Å². The lowest BCUT2D eigenvalue weighted by atomic mass is 9.99. The Kier molecular flexibility index (Phi) is 4.07. The number of carbonyl (C=O) groups excluding carboxylic acids is 1. The van der Waals surface area contributed by atoms with E-state index in [0.29, 0.717) is 0 Å². The average Bonchev–Trinajstić information content (AvgIpc) is 2.78. The molecule has 2 rings (SSSR count). The third-order valence-corrected chi connectivity index (χ3v) is 4.24. The lowest BCUT2D eigenvalue weighted by Crippen LogP contribution is -2.46. The Morgan fingerprint density at radius 2 is 2.28 bits per heavy atom. The highest BCUT2D eigenvalue weighted by atomic mass is 79.9. The van der Waals surface area contributed by atoms with Gasteiger partial charge in [-0.15, -0.1) is 0 Å². The minimum Gasteiger partial charge on any atom is -0.320 e. The van der Waals surface area contributed by atoms with Gasteiger partial charge in [0, 0.05) is 16.7 Å². The van der Waals surface area contributed by atoms with Gasteiger partial charge in [0.05, 0.1) is 6.04 Å². The summed E-state index contributed by atoms with van der Waals surface area (Å²) in [4.78, 5) is 14.2. The summed E-state index contributed by atoms with van der Waals surface area (Å²) in [7, 11) is 0. The molecule has 18 heavy (non-hydrogen) atoms. The Balaban J connectivity index is 2.23. The molecule has 1 amide bonds. The summed E-state index contributed by atoms with van der Waals surface area (Å²) in [6.07, 6.45) is 1.84. The van der Waals surface area contributed by atoms with Crippen molar-refractivity contribution >= 4 is 27.5 Å². The first-order valence-electron chi connectivity index (χ1n) is 6.40. The molecule has 4 heteroatoms. The van der Waals surface area contributed by atoms with Gasteiger partial charge in [0.2, 0.25) is 5.91 Å². The van der Waals surface area contributed by atoms with Gasteiger partial charge in [-0.2, -0.15) is 0 Å². The van der Waals surface area contributed by atoms with Gasteiger partial charge in [-0.05, 0) is 30.0 Å². The molecule has 0 bridgehead atoms. The Hall–Kier alpha value is -0.870. The summed E-state index contributed by atoms with van der Waals surface area (Å²) in [5.74, 6) is 0.259. The lowest BCUT2D eigenvalue weighted by Gasteiger charge is -2.25. The van der Waals surface area contributed by atoms with Crippen molar-refractivity contribution in [3.05, 3.63) is 28.2 Å². The van der Waals surface area contributed by atoms with Gasteiger partial charge >= 0.3 is 0 Å². The van der Waals surface area contributed by atoms with E-state index in [1.807, 2.05) is 24.0 Å². The van der Waals surface area contributed by atoms with Crippen LogP contribution in [0.1, 0.15) is 25.8 Å². The highest BCUT2D eigenvalue weighted by molar-refractivity contribution is 9.10. The number of hydrogen-bond acceptors (Lipinski definition) is 2. The van der Waals surface area contributed by atoms with Crippen molar-refractivity contribution in [3.8, 4) is 0 Å². The van der Waals surface area contributed by atoms with Crippen molar-refractivity contribution in [1.82, 2.24) is 0 Å². The summed E-state index contributed by atoms with van der Waals surface area (Å²) >= 11 is 3.45. The van der Waals surface area contributed by atoms with E-state index in [4.69, 9.17) is 5.73 Å². The zero-order chi connectivity index (χ0) is 13.3. The third kappa shape index (κ3) is 2.45. The number of benzene rings is 1. The van der Waals surface area contributed by atoms with Gasteiger partial charge in [-0.1, -0.05) is 42.3 Å². The van der Waals surface area contributed by atoms with E-state index < -0.39 is 6.04 Å². The molecular weight excluding hydrogens is 292 g/mol. The SMILES string of the molecule is CCC(C)C(N)C(=O)N1CCc2ccc(Br)cc21. The van der Waals surface area contributed by atoms with Gasteiger partial charge in [0.25, 0.3) is 0 Å². The van der Waals surface area contributed by atoms with E-state index in [9.17, 15) is 4.79 Å². The monoisotopic (exact) mass is 310 g/mol. The zero-order valence-corrected chi connectivity index (χ0v) is 12.4. The summed E-state index contributed by atoms with van der Waals surface area (Å²) < 4.78 is 0.998. The van der Waals surface area contributed by atoms with Crippen LogP contribution >= 0.6 is 15.9 Å². The second kappa shape index (κ2) is 5.41. The Bertz CT molecular complexity index is 461. The fourth-order valence-corrected chi connectivity index (χ4v) is 2.61. The largest absolute Gasteiger partial charge is 0.320 e. The van der Waals surface area contributed by atoms with Crippen LogP contribution in [0.15, 0.2) is 22.7 Å². The Morgan fingerprint density at radius 3 is 2.94 bits per heavy atom. The summed E-state index contributed by atoms with van der Waals surface area (Å²) in [5, 5.41) is 0. The first kappa shape index (κ1) is 13.6. The number of fused-ring (bicyclic) bond motifs is 1. The van der Waals surface area contributed by atoms with Crippen LogP contribution in [0.25, 0.3) is 0 Å². The number of halogens is 1. The molecule has 1 heterocycles. The summed E-state index contributed by atoms with van der Waals surface area (Å²) in [6, 6.07) is 5.69. The highest BCUT2D eigenvalue weighted by Crippen LogP contribution is 2.31.